The maximum absolute atomic E-state index is 2.81. The third-order valence-corrected chi connectivity index (χ3v) is 19.5. The number of hydrogen-bond donors (Lipinski definition) is 0. The van der Waals surface area contributed by atoms with Gasteiger partial charge in [0.15, 0.2) is 0 Å². The Hall–Kier alpha value is -7.36. The zero-order valence-corrected chi connectivity index (χ0v) is 45.2. The van der Waals surface area contributed by atoms with Gasteiger partial charge in [0.2, 0.25) is 0 Å². The van der Waals surface area contributed by atoms with Crippen LogP contribution in [0.4, 0.5) is 0 Å². The van der Waals surface area contributed by atoms with E-state index in [2.05, 4.69) is 232 Å². The molecule has 0 atom stereocenters. The van der Waals surface area contributed by atoms with Crippen molar-refractivity contribution < 1.29 is 0 Å². The lowest BCUT2D eigenvalue weighted by Crippen LogP contribution is -2.60. The second-order valence-corrected chi connectivity index (χ2v) is 24.4. The third-order valence-electron chi connectivity index (χ3n) is 19.5. The Kier molecular flexibility index (Phi) is 8.64. The van der Waals surface area contributed by atoms with Crippen LogP contribution >= 0.6 is 0 Å². The van der Waals surface area contributed by atoms with Crippen molar-refractivity contribution in [3.8, 4) is 44.9 Å². The molecule has 0 fully saturated rings. The van der Waals surface area contributed by atoms with Crippen molar-refractivity contribution in [3.63, 3.8) is 0 Å². The molecule has 4 aliphatic rings. The Morgan fingerprint density at radius 3 is 1.62 bits per heavy atom. The molecule has 0 saturated heterocycles. The van der Waals surface area contributed by atoms with Crippen LogP contribution in [0.1, 0.15) is 121 Å². The van der Waals surface area contributed by atoms with Crippen molar-refractivity contribution in [2.45, 2.75) is 112 Å². The monoisotopic (exact) mass is 955 g/mol. The van der Waals surface area contributed by atoms with Gasteiger partial charge in [-0.2, -0.15) is 0 Å². The lowest BCUT2D eigenvalue weighted by atomic mass is 9.33. The Bertz CT molecular complexity index is 4320. The Balaban J connectivity index is 1.24. The van der Waals surface area contributed by atoms with Gasteiger partial charge < -0.3 is 9.13 Å². The van der Waals surface area contributed by atoms with Crippen LogP contribution in [0.5, 0.6) is 0 Å². The van der Waals surface area contributed by atoms with Crippen molar-refractivity contribution in [2.75, 3.05) is 0 Å². The predicted octanol–water partition coefficient (Wildman–Crippen LogP) is 16.3. The molecule has 360 valence electrons. The smallest absolute Gasteiger partial charge is 0.252 e. The molecule has 3 aliphatic heterocycles. The first-order valence-electron chi connectivity index (χ1n) is 27.4. The first-order chi connectivity index (χ1) is 35.6. The van der Waals surface area contributed by atoms with E-state index in [1.807, 2.05) is 0 Å². The molecular formula is C71H63BN2. The van der Waals surface area contributed by atoms with Crippen molar-refractivity contribution >= 4 is 66.6 Å². The van der Waals surface area contributed by atoms with E-state index in [0.717, 1.165) is 12.8 Å². The van der Waals surface area contributed by atoms with Gasteiger partial charge >= 0.3 is 0 Å². The molecule has 0 saturated carbocycles. The first-order valence-corrected chi connectivity index (χ1v) is 27.4. The highest BCUT2D eigenvalue weighted by Gasteiger charge is 2.55. The van der Waals surface area contributed by atoms with E-state index in [1.54, 1.807) is 0 Å². The van der Waals surface area contributed by atoms with Crippen molar-refractivity contribution in [2.24, 2.45) is 0 Å². The van der Waals surface area contributed by atoms with Gasteiger partial charge in [-0.25, -0.2) is 0 Å². The minimum absolute atomic E-state index is 0.0282. The molecule has 15 rings (SSSR count). The SMILES string of the molecule is CCC(C)(C)c1cc2c3c(c1)c1cc(C(C)(C)CC)cc4c1n3-c1c(ccc3c1B2c1cc2ccccc2c2c(-c5c(C)cc(C)cc5C)c(-c5c(C)cc(C)cc5C)n-3c12)C41c2ccccc2-c2ccccc21. The van der Waals surface area contributed by atoms with Gasteiger partial charge in [-0.05, 0) is 183 Å². The number of hydrogen-bond acceptors (Lipinski definition) is 0. The van der Waals surface area contributed by atoms with Gasteiger partial charge in [0.25, 0.3) is 6.71 Å². The van der Waals surface area contributed by atoms with E-state index < -0.39 is 5.41 Å². The summed E-state index contributed by atoms with van der Waals surface area (Å²) in [4.78, 5) is 0. The van der Waals surface area contributed by atoms with Crippen LogP contribution in [0, 0.1) is 41.5 Å². The molecule has 0 N–H and O–H groups in total. The van der Waals surface area contributed by atoms with Crippen LogP contribution in [-0.4, -0.2) is 15.8 Å². The molecular weight excluding hydrogens is 892 g/mol. The lowest BCUT2D eigenvalue weighted by Gasteiger charge is -2.44. The van der Waals surface area contributed by atoms with E-state index in [-0.39, 0.29) is 17.5 Å². The van der Waals surface area contributed by atoms with Gasteiger partial charge in [-0.15, -0.1) is 0 Å². The molecule has 0 unspecified atom stereocenters. The fourth-order valence-corrected chi connectivity index (χ4v) is 15.5. The van der Waals surface area contributed by atoms with Crippen molar-refractivity contribution in [3.05, 3.63) is 206 Å². The second-order valence-electron chi connectivity index (χ2n) is 24.4. The summed E-state index contributed by atoms with van der Waals surface area (Å²) in [5.74, 6) is 0. The molecule has 5 heterocycles. The zero-order valence-electron chi connectivity index (χ0n) is 45.2. The van der Waals surface area contributed by atoms with E-state index in [0.29, 0.717) is 0 Å². The summed E-state index contributed by atoms with van der Waals surface area (Å²) >= 11 is 0. The summed E-state index contributed by atoms with van der Waals surface area (Å²) < 4.78 is 5.60. The van der Waals surface area contributed by atoms with Crippen LogP contribution in [0.3, 0.4) is 0 Å². The van der Waals surface area contributed by atoms with Crippen LogP contribution in [-0.2, 0) is 16.2 Å². The maximum atomic E-state index is 2.81. The second kappa shape index (κ2) is 14.5. The predicted molar refractivity (Wildman–Crippen MR) is 317 cm³/mol. The van der Waals surface area contributed by atoms with Crippen LogP contribution < -0.4 is 16.4 Å². The number of aromatic nitrogens is 2. The topological polar surface area (TPSA) is 9.86 Å². The van der Waals surface area contributed by atoms with Gasteiger partial charge in [-0.1, -0.05) is 174 Å². The van der Waals surface area contributed by atoms with Gasteiger partial charge in [0.1, 0.15) is 0 Å². The average Bonchev–Trinajstić information content (AvgIpc) is 4.01. The van der Waals surface area contributed by atoms with Crippen molar-refractivity contribution in [1.82, 2.24) is 9.13 Å². The Morgan fingerprint density at radius 2 is 1.00 bits per heavy atom. The zero-order chi connectivity index (χ0) is 50.8. The van der Waals surface area contributed by atoms with E-state index >= 15 is 0 Å². The molecule has 1 aliphatic carbocycles. The Morgan fingerprint density at radius 1 is 0.459 bits per heavy atom. The van der Waals surface area contributed by atoms with E-state index in [1.165, 1.54) is 172 Å². The minimum Gasteiger partial charge on any atom is -0.310 e. The molecule has 11 aromatic rings. The summed E-state index contributed by atoms with van der Waals surface area (Å²) in [6.07, 6.45) is 2.09. The molecule has 2 nitrogen and oxygen atoms in total. The van der Waals surface area contributed by atoms with Gasteiger partial charge in [0.05, 0.1) is 22.1 Å². The molecule has 2 aromatic heterocycles. The summed E-state index contributed by atoms with van der Waals surface area (Å²) in [5.41, 5.74) is 34.7. The normalized spacial score (nSPS) is 14.4. The number of rotatable bonds is 6. The highest BCUT2D eigenvalue weighted by atomic mass is 15.1. The van der Waals surface area contributed by atoms with Crippen LogP contribution in [0.2, 0.25) is 0 Å². The largest absolute Gasteiger partial charge is 0.310 e. The molecule has 1 spiro atoms. The third kappa shape index (κ3) is 5.19. The van der Waals surface area contributed by atoms with Crippen molar-refractivity contribution in [1.29, 1.82) is 0 Å². The van der Waals surface area contributed by atoms with Crippen LogP contribution in [0.25, 0.3) is 88.4 Å². The van der Waals surface area contributed by atoms with E-state index in [9.17, 15) is 0 Å². The molecule has 74 heavy (non-hydrogen) atoms. The molecule has 0 amide bonds. The lowest BCUT2D eigenvalue weighted by molar-refractivity contribution is 0.505. The van der Waals surface area contributed by atoms with Gasteiger partial charge in [0, 0.05) is 44.2 Å². The minimum atomic E-state index is -0.558. The summed E-state index contributed by atoms with van der Waals surface area (Å²) in [6.45, 7) is 28.5. The first kappa shape index (κ1) is 44.2. The Labute approximate surface area is 436 Å². The molecule has 9 aromatic carbocycles. The summed E-state index contributed by atoms with van der Waals surface area (Å²) in [6, 6.07) is 56.1. The molecule has 0 bridgehead atoms. The van der Waals surface area contributed by atoms with Crippen LogP contribution in [0.15, 0.2) is 140 Å². The standard InChI is InChI=1S/C71H63BN2/c1-13-69(9,10)45-34-50-51-35-46(70(11,12)14-2)37-57-65(51)74-64(50)55(36-45)71(52-25-19-17-23-48(52)49-24-18-20-26-53(49)71)54-27-28-58-63(66(54)74)72(57)56-33-44-21-15-16-22-47(44)61-62(59-40(5)29-38(3)30-41(59)6)68(73(58)67(56)61)60-42(7)31-39(4)32-43(60)8/h15-37H,13-14H2,1-12H3. The molecule has 0 radical (unpaired) electrons. The number of fused-ring (bicyclic) bond motifs is 13. The summed E-state index contributed by atoms with van der Waals surface area (Å²) in [5, 5.41) is 6.74. The fourth-order valence-electron chi connectivity index (χ4n) is 15.5. The van der Waals surface area contributed by atoms with Gasteiger partial charge in [-0.3, -0.25) is 0 Å². The maximum Gasteiger partial charge on any atom is 0.252 e. The highest BCUT2D eigenvalue weighted by molar-refractivity contribution is 7.00. The quantitative estimate of drug-likeness (QED) is 0.147. The van der Waals surface area contributed by atoms with E-state index in [4.69, 9.17) is 0 Å². The molecule has 3 heteroatoms. The number of nitrogens with zero attached hydrogens (tertiary/aromatic N) is 2. The fraction of sp³-hybridized carbons (Fsp3) is 0.239. The summed E-state index contributed by atoms with van der Waals surface area (Å²) in [7, 11) is 0. The number of benzene rings is 9. The highest BCUT2D eigenvalue weighted by Crippen LogP contribution is 2.62. The average molecular weight is 955 g/mol. The number of aryl methyl sites for hydroxylation is 6.